The van der Waals surface area contributed by atoms with Gasteiger partial charge in [-0.15, -0.1) is 0 Å². The number of nitrogens with one attached hydrogen (secondary N) is 1. The van der Waals surface area contributed by atoms with Gasteiger partial charge in [-0.1, -0.05) is 0 Å². The van der Waals surface area contributed by atoms with Gasteiger partial charge in [0.1, 0.15) is 12.3 Å². The molecule has 3 heterocycles. The highest BCUT2D eigenvalue weighted by atomic mass is 31.0. The summed E-state index contributed by atoms with van der Waals surface area (Å²) in [6.07, 6.45) is 0.864. The van der Waals surface area contributed by atoms with Crippen molar-refractivity contribution in [3.05, 3.63) is 16.7 Å². The molecule has 3 rings (SSSR count). The van der Waals surface area contributed by atoms with Crippen LogP contribution in [0.2, 0.25) is 0 Å². The fourth-order valence-electron chi connectivity index (χ4n) is 2.33. The maximum atomic E-state index is 11.7. The Hall–Kier alpha value is -1.54. The van der Waals surface area contributed by atoms with Crippen LogP contribution in [0.5, 0.6) is 0 Å². The van der Waals surface area contributed by atoms with Crippen molar-refractivity contribution in [3.63, 3.8) is 0 Å². The van der Waals surface area contributed by atoms with Gasteiger partial charge in [-0.25, -0.2) is 4.98 Å². The minimum absolute atomic E-state index is 0.0137. The van der Waals surface area contributed by atoms with E-state index in [0.29, 0.717) is 12.1 Å². The number of nitrogen functional groups attached to an aromatic ring is 1. The van der Waals surface area contributed by atoms with Crippen molar-refractivity contribution in [2.45, 2.75) is 24.9 Å². The summed E-state index contributed by atoms with van der Waals surface area (Å²) in [5, 5.41) is 9.25. The predicted octanol–water partition coefficient (Wildman–Crippen LogP) is -0.843. The third-order valence-corrected chi connectivity index (χ3v) is 3.65. The highest BCUT2D eigenvalue weighted by Crippen LogP contribution is 2.32. The van der Waals surface area contributed by atoms with Crippen molar-refractivity contribution >= 4 is 26.6 Å². The van der Waals surface area contributed by atoms with Gasteiger partial charge in [-0.05, 0) is 0 Å². The van der Waals surface area contributed by atoms with Crippen LogP contribution in [0, 0.1) is 0 Å². The number of H-pyrrole nitrogens is 1. The number of anilines is 1. The maximum Gasteiger partial charge on any atom is 0.280 e. The topological polar surface area (TPSA) is 128 Å². The predicted molar refractivity (Wildman–Crippen MR) is 72.8 cm³/mol. The molecule has 1 aliphatic rings. The minimum atomic E-state index is -0.436. The molecule has 108 valence electrons. The highest BCUT2D eigenvalue weighted by Gasteiger charge is 2.36. The minimum Gasteiger partial charge on any atom is -0.394 e. The molecule has 0 amide bonds. The van der Waals surface area contributed by atoms with E-state index in [1.54, 1.807) is 4.57 Å². The smallest absolute Gasteiger partial charge is 0.280 e. The number of aliphatic hydroxyl groups excluding tert-OH is 1. The molecule has 4 atom stereocenters. The first-order chi connectivity index (χ1) is 9.63. The van der Waals surface area contributed by atoms with E-state index < -0.39 is 17.9 Å². The molecule has 1 saturated heterocycles. The monoisotopic (exact) mass is 299 g/mol. The van der Waals surface area contributed by atoms with E-state index in [4.69, 9.17) is 15.0 Å². The van der Waals surface area contributed by atoms with Crippen LogP contribution < -0.4 is 11.3 Å². The van der Waals surface area contributed by atoms with E-state index in [0.717, 1.165) is 0 Å². The molecule has 0 spiro atoms. The van der Waals surface area contributed by atoms with Crippen molar-refractivity contribution in [2.24, 2.45) is 0 Å². The van der Waals surface area contributed by atoms with Crippen LogP contribution in [0.25, 0.3) is 11.2 Å². The molecular weight excluding hydrogens is 285 g/mol. The fourth-order valence-corrected chi connectivity index (χ4v) is 2.62. The van der Waals surface area contributed by atoms with Gasteiger partial charge in [0.2, 0.25) is 5.95 Å². The molecule has 10 heteroatoms. The SMILES string of the molecule is Nc1nc2c(ncn2C2CC(OP)C(CO)O2)c(=O)[nH]1. The quantitative estimate of drug-likeness (QED) is 0.630. The number of ether oxygens (including phenoxy) is 1. The zero-order valence-corrected chi connectivity index (χ0v) is 11.5. The second kappa shape index (κ2) is 5.10. The van der Waals surface area contributed by atoms with E-state index in [1.165, 1.54) is 6.33 Å². The summed E-state index contributed by atoms with van der Waals surface area (Å²) in [6.45, 7) is -0.154. The molecule has 0 aromatic carbocycles. The normalized spacial score (nSPS) is 26.4. The number of hydrogen-bond acceptors (Lipinski definition) is 7. The van der Waals surface area contributed by atoms with Crippen LogP contribution in [-0.2, 0) is 9.26 Å². The number of aromatic nitrogens is 4. The first-order valence-electron chi connectivity index (χ1n) is 5.98. The largest absolute Gasteiger partial charge is 0.394 e. The van der Waals surface area contributed by atoms with Crippen molar-refractivity contribution < 1.29 is 14.4 Å². The Morgan fingerprint density at radius 2 is 2.50 bits per heavy atom. The third kappa shape index (κ3) is 2.08. The lowest BCUT2D eigenvalue weighted by Gasteiger charge is -2.14. The van der Waals surface area contributed by atoms with Gasteiger partial charge >= 0.3 is 0 Å². The molecule has 20 heavy (non-hydrogen) atoms. The van der Waals surface area contributed by atoms with Crippen LogP contribution in [-0.4, -0.2) is 43.4 Å². The summed E-state index contributed by atoms with van der Waals surface area (Å²) in [4.78, 5) is 22.2. The Labute approximate surface area is 115 Å². The second-order valence-corrected chi connectivity index (χ2v) is 4.77. The summed E-state index contributed by atoms with van der Waals surface area (Å²) in [5.74, 6) is 0.0137. The first kappa shape index (κ1) is 13.4. The molecule has 0 saturated carbocycles. The number of aromatic amines is 1. The van der Waals surface area contributed by atoms with Gasteiger partial charge in [-0.2, -0.15) is 4.98 Å². The average Bonchev–Trinajstić information content (AvgIpc) is 3.01. The number of nitrogens with two attached hydrogens (primary N) is 1. The Kier molecular flexibility index (Phi) is 3.43. The van der Waals surface area contributed by atoms with E-state index in [2.05, 4.69) is 24.4 Å². The van der Waals surface area contributed by atoms with E-state index in [1.807, 2.05) is 0 Å². The highest BCUT2D eigenvalue weighted by molar-refractivity contribution is 7.09. The first-order valence-corrected chi connectivity index (χ1v) is 6.45. The Morgan fingerprint density at radius 1 is 1.70 bits per heavy atom. The number of fused-ring (bicyclic) bond motifs is 1. The molecule has 1 fully saturated rings. The van der Waals surface area contributed by atoms with Crippen molar-refractivity contribution in [2.75, 3.05) is 12.3 Å². The Morgan fingerprint density at radius 3 is 3.15 bits per heavy atom. The Balaban J connectivity index is 2.01. The second-order valence-electron chi connectivity index (χ2n) is 4.50. The Bertz CT molecular complexity index is 674. The van der Waals surface area contributed by atoms with Gasteiger partial charge in [0.25, 0.3) is 5.56 Å². The van der Waals surface area contributed by atoms with E-state index >= 15 is 0 Å². The van der Waals surface area contributed by atoms with Crippen LogP contribution in [0.15, 0.2) is 11.1 Å². The average molecular weight is 299 g/mol. The summed E-state index contributed by atoms with van der Waals surface area (Å²) < 4.78 is 12.5. The standard InChI is InChI=1S/C10H14N5O4P/c11-10-13-8-7(9(17)14-10)12-3-15(8)6-1-4(19-20)5(2-16)18-6/h3-6,16H,1-2,20H2,(H3,11,13,14,17). The van der Waals surface area contributed by atoms with Crippen LogP contribution >= 0.6 is 9.47 Å². The molecule has 4 N–H and O–H groups in total. The lowest BCUT2D eigenvalue weighted by molar-refractivity contribution is -0.0372. The number of hydrogen-bond donors (Lipinski definition) is 3. The molecule has 2 aromatic heterocycles. The number of aliphatic hydroxyl groups is 1. The molecular formula is C10H14N5O4P. The fraction of sp³-hybridized carbons (Fsp3) is 0.500. The number of rotatable bonds is 3. The summed E-state index contributed by atoms with van der Waals surface area (Å²) in [6, 6.07) is 0. The molecule has 9 nitrogen and oxygen atoms in total. The molecule has 0 aliphatic carbocycles. The third-order valence-electron chi connectivity index (χ3n) is 3.30. The van der Waals surface area contributed by atoms with Crippen molar-refractivity contribution in [1.29, 1.82) is 0 Å². The lowest BCUT2D eigenvalue weighted by atomic mass is 10.2. The lowest BCUT2D eigenvalue weighted by Crippen LogP contribution is -2.25. The van der Waals surface area contributed by atoms with Crippen LogP contribution in [0.4, 0.5) is 5.95 Å². The molecule has 4 unspecified atom stereocenters. The van der Waals surface area contributed by atoms with Crippen LogP contribution in [0.1, 0.15) is 12.6 Å². The summed E-state index contributed by atoms with van der Waals surface area (Å²) in [5.41, 5.74) is 5.68. The van der Waals surface area contributed by atoms with E-state index in [9.17, 15) is 9.90 Å². The zero-order chi connectivity index (χ0) is 14.3. The van der Waals surface area contributed by atoms with Crippen LogP contribution in [0.3, 0.4) is 0 Å². The maximum absolute atomic E-state index is 11.7. The van der Waals surface area contributed by atoms with Gasteiger partial charge < -0.3 is 20.1 Å². The summed E-state index contributed by atoms with van der Waals surface area (Å²) in [7, 11) is 2.16. The number of imidazole rings is 1. The molecule has 2 aromatic rings. The van der Waals surface area contributed by atoms with Crippen molar-refractivity contribution in [1.82, 2.24) is 19.5 Å². The van der Waals surface area contributed by atoms with Crippen molar-refractivity contribution in [3.8, 4) is 0 Å². The number of nitrogens with zero attached hydrogens (tertiary/aromatic N) is 3. The van der Waals surface area contributed by atoms with Gasteiger partial charge in [0.05, 0.1) is 19.0 Å². The molecule has 1 aliphatic heterocycles. The van der Waals surface area contributed by atoms with Gasteiger partial charge in [0, 0.05) is 15.9 Å². The van der Waals surface area contributed by atoms with Gasteiger partial charge in [0.15, 0.2) is 11.2 Å². The molecule has 0 radical (unpaired) electrons. The van der Waals surface area contributed by atoms with Gasteiger partial charge in [-0.3, -0.25) is 14.3 Å². The zero-order valence-electron chi connectivity index (χ0n) is 10.4. The molecule has 0 bridgehead atoms. The van der Waals surface area contributed by atoms with E-state index in [-0.39, 0.29) is 24.2 Å². The summed E-state index contributed by atoms with van der Waals surface area (Å²) >= 11 is 0.